The Morgan fingerprint density at radius 1 is 1.05 bits per heavy atom. The number of aryl methyl sites for hydroxylation is 1. The summed E-state index contributed by atoms with van der Waals surface area (Å²) < 4.78 is 37.1. The molecule has 3 N–H and O–H groups in total. The molecule has 1 spiro atoms. The molecular weight excluding hydrogens is 935 g/mol. The summed E-state index contributed by atoms with van der Waals surface area (Å²) in [5.74, 6) is 2.18. The number of benzene rings is 2. The number of fused-ring (bicyclic) bond motifs is 4. The quantitative estimate of drug-likeness (QED) is 0.154. The molecule has 0 unspecified atom stereocenters. The van der Waals surface area contributed by atoms with Crippen molar-refractivity contribution < 1.29 is 23.1 Å². The van der Waals surface area contributed by atoms with Crippen LogP contribution in [0, 0.1) is 17.8 Å². The third-order valence-electron chi connectivity index (χ3n) is 13.4. The van der Waals surface area contributed by atoms with Crippen LogP contribution in [0.15, 0.2) is 48.6 Å². The summed E-state index contributed by atoms with van der Waals surface area (Å²) in [5.41, 5.74) is 2.32. The number of rotatable bonds is 2. The normalized spacial score (nSPS) is 31.7. The molecular formula is C45H66ClIN4O5S3. The Bertz CT molecular complexity index is 1880. The smallest absolute Gasteiger partial charge is 0.264 e. The number of nitrogens with zero attached hydrogens (tertiary/aromatic N) is 2. The fourth-order valence-electron chi connectivity index (χ4n) is 9.64. The predicted molar refractivity (Wildman–Crippen MR) is 258 cm³/mol. The zero-order valence-corrected chi connectivity index (χ0v) is 40.9. The number of carbonyl (C=O) groups is 1. The number of carbonyl (C=O) groups excluding carboxylic acids is 1. The van der Waals surface area contributed by atoms with E-state index in [1.54, 1.807) is 19.1 Å². The molecule has 59 heavy (non-hydrogen) atoms. The van der Waals surface area contributed by atoms with E-state index in [0.29, 0.717) is 31.9 Å². The van der Waals surface area contributed by atoms with Crippen molar-refractivity contribution in [1.29, 1.82) is 0 Å². The Kier molecular flexibility index (Phi) is 16.8. The number of alkyl halides is 1. The number of piperidine rings is 1. The summed E-state index contributed by atoms with van der Waals surface area (Å²) in [4.78, 5) is 18.2. The van der Waals surface area contributed by atoms with Crippen LogP contribution in [0.1, 0.15) is 93.6 Å². The number of hydrogen-bond acceptors (Lipinski definition) is 10. The van der Waals surface area contributed by atoms with Gasteiger partial charge in [-0.3, -0.25) is 4.79 Å². The van der Waals surface area contributed by atoms with Crippen molar-refractivity contribution >= 4 is 79.3 Å². The average molecular weight is 1000 g/mol. The molecule has 1 saturated carbocycles. The van der Waals surface area contributed by atoms with Gasteiger partial charge in [0.25, 0.3) is 5.91 Å². The van der Waals surface area contributed by atoms with Crippen LogP contribution in [0.3, 0.4) is 0 Å². The number of ether oxygens (including phenoxy) is 1. The Morgan fingerprint density at radius 2 is 1.78 bits per heavy atom. The van der Waals surface area contributed by atoms with E-state index in [1.807, 2.05) is 54.7 Å². The van der Waals surface area contributed by atoms with E-state index in [-0.39, 0.29) is 33.3 Å². The minimum Gasteiger partial charge on any atom is -0.490 e. The Hall–Kier alpha value is -1.20. The van der Waals surface area contributed by atoms with Gasteiger partial charge in [0, 0.05) is 35.1 Å². The van der Waals surface area contributed by atoms with E-state index in [9.17, 15) is 18.3 Å². The van der Waals surface area contributed by atoms with Crippen molar-refractivity contribution in [3.8, 4) is 5.75 Å². The topological polar surface area (TPSA) is 111 Å². The highest BCUT2D eigenvalue weighted by molar-refractivity contribution is 14.1. The second-order valence-electron chi connectivity index (χ2n) is 17.6. The summed E-state index contributed by atoms with van der Waals surface area (Å²) in [6.07, 6.45) is 13.2. The second-order valence-corrected chi connectivity index (χ2v) is 24.3. The molecule has 0 radical (unpaired) electrons. The van der Waals surface area contributed by atoms with E-state index >= 15 is 0 Å². The largest absolute Gasteiger partial charge is 0.490 e. The first-order valence-electron chi connectivity index (χ1n) is 21.6. The first kappa shape index (κ1) is 47.3. The fraction of sp³-hybridized carbons (Fsp3) is 0.667. The van der Waals surface area contributed by atoms with Gasteiger partial charge < -0.3 is 25.0 Å². The predicted octanol–water partition coefficient (Wildman–Crippen LogP) is 8.55. The lowest BCUT2D eigenvalue weighted by Gasteiger charge is -2.51. The van der Waals surface area contributed by atoms with E-state index in [0.717, 1.165) is 66.8 Å². The number of allylic oxidation sites excluding steroid dienone is 1. The zero-order valence-electron chi connectivity index (χ0n) is 35.6. The zero-order chi connectivity index (χ0) is 42.4. The van der Waals surface area contributed by atoms with Gasteiger partial charge in [-0.1, -0.05) is 66.3 Å². The molecule has 1 amide bonds. The highest BCUT2D eigenvalue weighted by Crippen LogP contribution is 2.53. The third-order valence-corrected chi connectivity index (χ3v) is 18.8. The van der Waals surface area contributed by atoms with Crippen LogP contribution < -0.4 is 19.7 Å². The van der Waals surface area contributed by atoms with Crippen LogP contribution in [0.2, 0.25) is 5.02 Å². The molecule has 328 valence electrons. The Morgan fingerprint density at radius 3 is 2.44 bits per heavy atom. The lowest BCUT2D eigenvalue weighted by molar-refractivity contribution is -0.0333. The second kappa shape index (κ2) is 21.0. The fourth-order valence-corrected chi connectivity index (χ4v) is 14.4. The number of amides is 1. The number of anilines is 1. The van der Waals surface area contributed by atoms with Gasteiger partial charge >= 0.3 is 0 Å². The van der Waals surface area contributed by atoms with Gasteiger partial charge in [0.05, 0.1) is 22.1 Å². The van der Waals surface area contributed by atoms with Gasteiger partial charge in [-0.05, 0) is 167 Å². The summed E-state index contributed by atoms with van der Waals surface area (Å²) in [6.45, 7) is 9.95. The molecule has 14 heteroatoms. The molecule has 6 atom stereocenters. The molecule has 4 aliphatic heterocycles. The lowest BCUT2D eigenvalue weighted by Crippen LogP contribution is -2.55. The van der Waals surface area contributed by atoms with Crippen LogP contribution >= 0.6 is 57.7 Å². The van der Waals surface area contributed by atoms with E-state index < -0.39 is 26.8 Å². The standard InChI is InChI=1S/C36H45ClN2O5S3.C7H16N2.C2H5I/c1-23-6-3-15-36(41,34-45-16-5-17-46-34)30-11-8-27(30)20-39-21-35(14-4-7-25-18-28(37)10-12-29(25)35)22-44-32-13-9-26(19-31(32)39)33(40)38-47(42,43)24(23)2;1-9(2)7-3-5-8-6-4-7;1-2-3/h3,9-10,12-13,15,18-19,23-24,27,30,34,41H,4-8,11,14,16-17,20-22H2,1-2H3,(H,38,40);7-8H,3-6H2,1-2H3;2H2,1H3/b15-3+;;/t23-,24+,27-,30+,35-,36+;;/m0../s1. The maximum absolute atomic E-state index is 13.5. The van der Waals surface area contributed by atoms with E-state index in [4.69, 9.17) is 16.3 Å². The van der Waals surface area contributed by atoms with Gasteiger partial charge in [-0.25, -0.2) is 13.1 Å². The third kappa shape index (κ3) is 11.1. The number of halogens is 2. The van der Waals surface area contributed by atoms with Crippen molar-refractivity contribution in [1.82, 2.24) is 14.9 Å². The van der Waals surface area contributed by atoms with Crippen molar-refractivity contribution in [3.63, 3.8) is 0 Å². The van der Waals surface area contributed by atoms with Crippen LogP contribution in [0.25, 0.3) is 0 Å². The highest BCUT2D eigenvalue weighted by atomic mass is 127. The van der Waals surface area contributed by atoms with Crippen LogP contribution in [-0.4, -0.2) is 109 Å². The SMILES string of the molecule is CCI.CN(C)C1CCNCC1.C[C@@H]1[C@@H](C)C/C=C/[C@](O)(C2SCCCS2)[C@@H]2CC[C@H]2CN2C[C@@]3(CCCc4cc(Cl)ccc43)COc3ccc(cc32)C(=O)NS1(=O)=O. The van der Waals surface area contributed by atoms with Crippen molar-refractivity contribution in [2.45, 2.75) is 105 Å². The monoisotopic (exact) mass is 1000 g/mol. The van der Waals surface area contributed by atoms with Crippen molar-refractivity contribution in [2.24, 2.45) is 17.8 Å². The number of aliphatic hydroxyl groups is 1. The number of nitrogens with one attached hydrogen (secondary N) is 2. The molecule has 3 fully saturated rings. The minimum absolute atomic E-state index is 0.0302. The van der Waals surface area contributed by atoms with Gasteiger partial charge in [-0.15, -0.1) is 23.5 Å². The molecule has 2 saturated heterocycles. The molecule has 2 aromatic rings. The lowest BCUT2D eigenvalue weighted by atomic mass is 9.64. The molecule has 2 bridgehead atoms. The van der Waals surface area contributed by atoms with Crippen LogP contribution in [0.5, 0.6) is 5.75 Å². The molecule has 9 nitrogen and oxygen atoms in total. The minimum atomic E-state index is -3.95. The first-order chi connectivity index (χ1) is 28.2. The van der Waals surface area contributed by atoms with Crippen molar-refractivity contribution in [2.75, 3.05) is 67.7 Å². The highest BCUT2D eigenvalue weighted by Gasteiger charge is 2.52. The van der Waals surface area contributed by atoms with Gasteiger partial charge in [0.1, 0.15) is 11.4 Å². The molecule has 0 aromatic heterocycles. The van der Waals surface area contributed by atoms with Crippen molar-refractivity contribution in [3.05, 3.63) is 70.3 Å². The maximum atomic E-state index is 13.5. The Balaban J connectivity index is 0.000000424. The summed E-state index contributed by atoms with van der Waals surface area (Å²) >= 11 is 12.4. The van der Waals surface area contributed by atoms with Gasteiger partial charge in [0.2, 0.25) is 10.0 Å². The van der Waals surface area contributed by atoms with E-state index in [2.05, 4.69) is 75.6 Å². The molecule has 6 aliphatic rings. The van der Waals surface area contributed by atoms with Gasteiger partial charge in [0.15, 0.2) is 0 Å². The summed E-state index contributed by atoms with van der Waals surface area (Å²) in [6, 6.07) is 12.3. The Labute approximate surface area is 381 Å². The first-order valence-corrected chi connectivity index (χ1v) is 27.2. The number of sulfonamides is 1. The number of hydrogen-bond donors (Lipinski definition) is 3. The maximum Gasteiger partial charge on any atom is 0.264 e. The van der Waals surface area contributed by atoms with Gasteiger partial charge in [-0.2, -0.15) is 0 Å². The molecule has 4 heterocycles. The molecule has 2 aromatic carbocycles. The average Bonchev–Trinajstić information content (AvgIpc) is 3.36. The number of thioether (sulfide) groups is 2. The molecule has 8 rings (SSSR count). The van der Waals surface area contributed by atoms with E-state index in [1.165, 1.54) is 41.5 Å². The molecule has 2 aliphatic carbocycles. The van der Waals surface area contributed by atoms with Crippen LogP contribution in [0.4, 0.5) is 5.69 Å². The van der Waals surface area contributed by atoms with Crippen LogP contribution in [-0.2, 0) is 21.9 Å². The summed E-state index contributed by atoms with van der Waals surface area (Å²) in [5, 5.41) is 15.9. The summed E-state index contributed by atoms with van der Waals surface area (Å²) in [7, 11) is 0.371.